The number of halogens is 2. The SMILES string of the molecule is O=c1c(-c2ccc(OC(F)F)nc2)c2c(ccn2CC2CC2)nn1-c1ccc2ncsc2c1. The van der Waals surface area contributed by atoms with Crippen LogP contribution >= 0.6 is 11.3 Å². The van der Waals surface area contributed by atoms with Crippen molar-refractivity contribution < 1.29 is 13.5 Å². The molecule has 0 atom stereocenters. The molecule has 1 saturated carbocycles. The first kappa shape index (κ1) is 20.0. The molecule has 10 heteroatoms. The number of ether oxygens (including phenoxy) is 1. The Morgan fingerprint density at radius 2 is 2.00 bits per heavy atom. The van der Waals surface area contributed by atoms with Gasteiger partial charge in [0.25, 0.3) is 5.56 Å². The fourth-order valence-corrected chi connectivity index (χ4v) is 4.71. The van der Waals surface area contributed by atoms with Crippen molar-refractivity contribution in [3.63, 3.8) is 0 Å². The first-order valence-corrected chi connectivity index (χ1v) is 11.3. The van der Waals surface area contributed by atoms with Crippen LogP contribution in [0.1, 0.15) is 12.8 Å². The van der Waals surface area contributed by atoms with E-state index in [0.29, 0.717) is 33.8 Å². The molecule has 1 aliphatic rings. The predicted octanol–water partition coefficient (Wildman–Crippen LogP) is 4.87. The van der Waals surface area contributed by atoms with E-state index in [-0.39, 0.29) is 11.4 Å². The molecule has 1 aromatic carbocycles. The maximum atomic E-state index is 13.8. The maximum Gasteiger partial charge on any atom is 0.388 e. The van der Waals surface area contributed by atoms with E-state index in [1.54, 1.807) is 11.6 Å². The summed E-state index contributed by atoms with van der Waals surface area (Å²) in [5.74, 6) is 0.382. The predicted molar refractivity (Wildman–Crippen MR) is 121 cm³/mol. The van der Waals surface area contributed by atoms with Crippen LogP contribution in [0.4, 0.5) is 8.78 Å². The summed E-state index contributed by atoms with van der Waals surface area (Å²) in [5.41, 5.74) is 5.24. The Morgan fingerprint density at radius 3 is 2.76 bits per heavy atom. The van der Waals surface area contributed by atoms with E-state index in [2.05, 4.69) is 24.4 Å². The highest BCUT2D eigenvalue weighted by atomic mass is 32.1. The summed E-state index contributed by atoms with van der Waals surface area (Å²) in [6.45, 7) is -2.17. The molecule has 0 bridgehead atoms. The largest absolute Gasteiger partial charge is 0.417 e. The van der Waals surface area contributed by atoms with Crippen molar-refractivity contribution in [1.82, 2.24) is 24.3 Å². The Labute approximate surface area is 189 Å². The average molecular weight is 465 g/mol. The zero-order valence-electron chi connectivity index (χ0n) is 17.2. The number of rotatable bonds is 6. The summed E-state index contributed by atoms with van der Waals surface area (Å²) in [4.78, 5) is 22.0. The smallest absolute Gasteiger partial charge is 0.388 e. The van der Waals surface area contributed by atoms with Gasteiger partial charge in [0.2, 0.25) is 5.88 Å². The third-order valence-electron chi connectivity index (χ3n) is 5.74. The second-order valence-electron chi connectivity index (χ2n) is 8.01. The van der Waals surface area contributed by atoms with Crippen molar-refractivity contribution in [1.29, 1.82) is 0 Å². The molecular formula is C23H17F2N5O2S. The van der Waals surface area contributed by atoms with E-state index < -0.39 is 6.61 Å². The molecule has 33 heavy (non-hydrogen) atoms. The highest BCUT2D eigenvalue weighted by molar-refractivity contribution is 7.16. The van der Waals surface area contributed by atoms with Crippen LogP contribution in [0, 0.1) is 5.92 Å². The number of hydrogen-bond acceptors (Lipinski definition) is 6. The molecule has 0 radical (unpaired) electrons. The molecule has 1 aliphatic carbocycles. The first-order chi connectivity index (χ1) is 16.1. The lowest BCUT2D eigenvalue weighted by atomic mass is 10.1. The van der Waals surface area contributed by atoms with Gasteiger partial charge in [0.1, 0.15) is 5.52 Å². The fraction of sp³-hybridized carbons (Fsp3) is 0.217. The summed E-state index contributed by atoms with van der Waals surface area (Å²) < 4.78 is 33.9. The zero-order chi connectivity index (χ0) is 22.5. The van der Waals surface area contributed by atoms with Gasteiger partial charge in [-0.15, -0.1) is 11.3 Å². The molecule has 0 aliphatic heterocycles. The topological polar surface area (TPSA) is 74.8 Å². The third-order valence-corrected chi connectivity index (χ3v) is 6.53. The van der Waals surface area contributed by atoms with E-state index in [1.807, 2.05) is 30.5 Å². The minimum atomic E-state index is -2.97. The van der Waals surface area contributed by atoms with Gasteiger partial charge in [-0.05, 0) is 49.1 Å². The molecule has 0 unspecified atom stereocenters. The number of thiazole rings is 1. The van der Waals surface area contributed by atoms with E-state index >= 15 is 0 Å². The molecule has 4 heterocycles. The Morgan fingerprint density at radius 1 is 1.12 bits per heavy atom. The quantitative estimate of drug-likeness (QED) is 0.358. The van der Waals surface area contributed by atoms with E-state index in [9.17, 15) is 13.6 Å². The van der Waals surface area contributed by atoms with Gasteiger partial charge in [0, 0.05) is 30.6 Å². The number of alkyl halides is 2. The minimum absolute atomic E-state index is 0.205. The monoisotopic (exact) mass is 465 g/mol. The fourth-order valence-electron chi connectivity index (χ4n) is 4.00. The lowest BCUT2D eigenvalue weighted by molar-refractivity contribution is -0.0528. The number of pyridine rings is 1. The Hall–Kier alpha value is -3.66. The number of aromatic nitrogens is 5. The molecule has 5 aromatic rings. The van der Waals surface area contributed by atoms with Crippen molar-refractivity contribution in [2.45, 2.75) is 26.0 Å². The minimum Gasteiger partial charge on any atom is -0.417 e. The second kappa shape index (κ2) is 7.73. The number of nitrogens with zero attached hydrogens (tertiary/aromatic N) is 5. The van der Waals surface area contributed by atoms with Gasteiger partial charge in [-0.25, -0.2) is 9.97 Å². The normalized spacial score (nSPS) is 13.9. The summed E-state index contributed by atoms with van der Waals surface area (Å²) in [6, 6.07) is 10.4. The molecule has 166 valence electrons. The van der Waals surface area contributed by atoms with Crippen LogP contribution in [0.15, 0.2) is 59.1 Å². The van der Waals surface area contributed by atoms with Gasteiger partial charge in [-0.2, -0.15) is 18.6 Å². The van der Waals surface area contributed by atoms with Gasteiger partial charge in [-0.3, -0.25) is 4.79 Å². The molecule has 7 nitrogen and oxygen atoms in total. The van der Waals surface area contributed by atoms with Crippen LogP contribution in [-0.4, -0.2) is 30.9 Å². The number of hydrogen-bond donors (Lipinski definition) is 0. The summed E-state index contributed by atoms with van der Waals surface area (Å²) in [7, 11) is 0. The summed E-state index contributed by atoms with van der Waals surface area (Å²) in [6.07, 6.45) is 5.65. The van der Waals surface area contributed by atoms with Crippen LogP contribution in [0.25, 0.3) is 38.1 Å². The summed E-state index contributed by atoms with van der Waals surface area (Å²) >= 11 is 1.49. The van der Waals surface area contributed by atoms with Crippen molar-refractivity contribution in [3.05, 3.63) is 64.7 Å². The molecule has 0 amide bonds. The van der Waals surface area contributed by atoms with Crippen molar-refractivity contribution in [3.8, 4) is 22.7 Å². The van der Waals surface area contributed by atoms with Crippen LogP contribution in [-0.2, 0) is 6.54 Å². The lowest BCUT2D eigenvalue weighted by Crippen LogP contribution is -2.24. The second-order valence-corrected chi connectivity index (χ2v) is 8.89. The van der Waals surface area contributed by atoms with Crippen LogP contribution < -0.4 is 10.3 Å². The molecular weight excluding hydrogens is 448 g/mol. The van der Waals surface area contributed by atoms with Gasteiger partial charge < -0.3 is 9.30 Å². The lowest BCUT2D eigenvalue weighted by Gasteiger charge is -2.13. The maximum absolute atomic E-state index is 13.8. The van der Waals surface area contributed by atoms with Crippen LogP contribution in [0.2, 0.25) is 0 Å². The zero-order valence-corrected chi connectivity index (χ0v) is 18.0. The van der Waals surface area contributed by atoms with E-state index in [0.717, 1.165) is 29.6 Å². The Balaban J connectivity index is 1.56. The molecule has 0 N–H and O–H groups in total. The van der Waals surface area contributed by atoms with Gasteiger partial charge in [0.15, 0.2) is 0 Å². The van der Waals surface area contributed by atoms with Crippen LogP contribution in [0.3, 0.4) is 0 Å². The standard InChI is InChI=1S/C23H17F2N5O2S/c24-23(25)32-19-6-3-14(10-26-19)20-21-17(7-8-29(21)11-13-1-2-13)28-30(22(20)31)15-4-5-16-18(9-15)33-12-27-16/h3-10,12-13,23H,1-2,11H2. The Kier molecular flexibility index (Phi) is 4.68. The van der Waals surface area contributed by atoms with Crippen molar-refractivity contribution in [2.75, 3.05) is 0 Å². The van der Waals surface area contributed by atoms with Crippen molar-refractivity contribution >= 4 is 32.6 Å². The van der Waals surface area contributed by atoms with Gasteiger partial charge in [-0.1, -0.05) is 0 Å². The molecule has 0 saturated heterocycles. The molecule has 1 fully saturated rings. The van der Waals surface area contributed by atoms with E-state index in [4.69, 9.17) is 0 Å². The van der Waals surface area contributed by atoms with Gasteiger partial charge in [0.05, 0.1) is 32.5 Å². The van der Waals surface area contributed by atoms with E-state index in [1.165, 1.54) is 28.3 Å². The number of fused-ring (bicyclic) bond motifs is 2. The number of benzene rings is 1. The average Bonchev–Trinajstić information content (AvgIpc) is 3.34. The Bertz CT molecular complexity index is 1540. The van der Waals surface area contributed by atoms with Crippen LogP contribution in [0.5, 0.6) is 5.88 Å². The molecule has 4 aromatic heterocycles. The summed E-state index contributed by atoms with van der Waals surface area (Å²) in [5, 5.41) is 4.65. The van der Waals surface area contributed by atoms with Crippen molar-refractivity contribution in [2.24, 2.45) is 5.92 Å². The molecule has 6 rings (SSSR count). The third kappa shape index (κ3) is 3.66. The van der Waals surface area contributed by atoms with Gasteiger partial charge >= 0.3 is 6.61 Å². The highest BCUT2D eigenvalue weighted by Crippen LogP contribution is 2.34. The highest BCUT2D eigenvalue weighted by Gasteiger charge is 2.25. The molecule has 0 spiro atoms. The first-order valence-electron chi connectivity index (χ1n) is 10.4.